The van der Waals surface area contributed by atoms with E-state index in [-0.39, 0.29) is 30.4 Å². The summed E-state index contributed by atoms with van der Waals surface area (Å²) in [5.41, 5.74) is 2.86. The molecule has 0 bridgehead atoms. The topological polar surface area (TPSA) is 96.1 Å². The summed E-state index contributed by atoms with van der Waals surface area (Å²) >= 11 is 6.07. The van der Waals surface area contributed by atoms with Crippen molar-refractivity contribution in [2.24, 2.45) is 0 Å². The molecule has 1 saturated carbocycles. The third-order valence-electron chi connectivity index (χ3n) is 5.73. The summed E-state index contributed by atoms with van der Waals surface area (Å²) in [5, 5.41) is 6.55. The van der Waals surface area contributed by atoms with Gasteiger partial charge < -0.3 is 20.4 Å². The van der Waals surface area contributed by atoms with Crippen molar-refractivity contribution in [2.75, 3.05) is 11.9 Å². The predicted molar refractivity (Wildman–Crippen MR) is 114 cm³/mol. The normalized spacial score (nSPS) is 20.9. The second kappa shape index (κ2) is 7.65. The number of carbonyl (C=O) groups is 2. The number of hydrogen-bond acceptors (Lipinski definition) is 4. The second-order valence-corrected chi connectivity index (χ2v) is 8.30. The lowest BCUT2D eigenvalue weighted by atomic mass is 9.85. The molecule has 3 aromatic rings. The van der Waals surface area contributed by atoms with E-state index < -0.39 is 0 Å². The number of anilines is 1. The van der Waals surface area contributed by atoms with Gasteiger partial charge in [0.25, 0.3) is 11.8 Å². The molecule has 8 heteroatoms. The van der Waals surface area contributed by atoms with Gasteiger partial charge in [0.2, 0.25) is 0 Å². The fourth-order valence-electron chi connectivity index (χ4n) is 4.25. The Hall–Kier alpha value is -3.06. The standard InChI is InChI=1S/C22H21ClN4O3/c23-14-5-6-16-17(10-14)27-21(26-16)12-2-1-3-15(8-12)24-22(29)13-4-7-19-18(9-13)25-20(28)11-30-19/h4-7,9-10,12,15H,1-3,8,11H2,(H,24,29)(H,25,28)(H,26,27). The highest BCUT2D eigenvalue weighted by Crippen LogP contribution is 2.33. The minimum Gasteiger partial charge on any atom is -0.482 e. The molecule has 2 unspecified atom stereocenters. The predicted octanol–water partition coefficient (Wildman–Crippen LogP) is 4.00. The molecule has 2 aliphatic rings. The summed E-state index contributed by atoms with van der Waals surface area (Å²) in [6.07, 6.45) is 3.80. The SMILES string of the molecule is O=C1COc2ccc(C(=O)NC3CCCC(c4nc5cc(Cl)ccc5[nH]4)C3)cc2N1. The summed E-state index contributed by atoms with van der Waals surface area (Å²) in [6.45, 7) is -0.00397. The monoisotopic (exact) mass is 424 g/mol. The van der Waals surface area contributed by atoms with Crippen LogP contribution in [0.4, 0.5) is 5.69 Å². The van der Waals surface area contributed by atoms with E-state index in [4.69, 9.17) is 21.3 Å². The van der Waals surface area contributed by atoms with Crippen LogP contribution in [0, 0.1) is 0 Å². The summed E-state index contributed by atoms with van der Waals surface area (Å²) in [5.74, 6) is 1.40. The second-order valence-electron chi connectivity index (χ2n) is 7.87. The number of H-pyrrole nitrogens is 1. The molecular formula is C22H21ClN4O3. The van der Waals surface area contributed by atoms with E-state index in [1.54, 1.807) is 18.2 Å². The Bertz CT molecular complexity index is 1140. The molecule has 5 rings (SSSR count). The Morgan fingerprint density at radius 2 is 2.10 bits per heavy atom. The molecule has 154 valence electrons. The van der Waals surface area contributed by atoms with Crippen molar-refractivity contribution in [1.29, 1.82) is 0 Å². The number of carbonyl (C=O) groups excluding carboxylic acids is 2. The van der Waals surface area contributed by atoms with Crippen molar-refractivity contribution < 1.29 is 14.3 Å². The number of halogens is 1. The van der Waals surface area contributed by atoms with Gasteiger partial charge >= 0.3 is 0 Å². The Morgan fingerprint density at radius 3 is 3.00 bits per heavy atom. The molecule has 1 aliphatic carbocycles. The first-order chi connectivity index (χ1) is 14.5. The van der Waals surface area contributed by atoms with Crippen LogP contribution in [0.5, 0.6) is 5.75 Å². The lowest BCUT2D eigenvalue weighted by molar-refractivity contribution is -0.118. The minimum absolute atomic E-state index is 0.00397. The molecule has 0 radical (unpaired) electrons. The van der Waals surface area contributed by atoms with Crippen molar-refractivity contribution >= 4 is 40.1 Å². The fraction of sp³-hybridized carbons (Fsp3) is 0.318. The van der Waals surface area contributed by atoms with Crippen LogP contribution in [0.3, 0.4) is 0 Å². The smallest absolute Gasteiger partial charge is 0.262 e. The third kappa shape index (κ3) is 3.73. The zero-order valence-corrected chi connectivity index (χ0v) is 17.0. The van der Waals surface area contributed by atoms with Crippen LogP contribution in [-0.2, 0) is 4.79 Å². The lowest BCUT2D eigenvalue weighted by Crippen LogP contribution is -2.38. The number of nitrogens with one attached hydrogen (secondary N) is 3. The van der Waals surface area contributed by atoms with Gasteiger partial charge in [-0.15, -0.1) is 0 Å². The molecule has 30 heavy (non-hydrogen) atoms. The molecular weight excluding hydrogens is 404 g/mol. The van der Waals surface area contributed by atoms with Crippen LogP contribution >= 0.6 is 11.6 Å². The summed E-state index contributed by atoms with van der Waals surface area (Å²) < 4.78 is 5.35. The molecule has 3 N–H and O–H groups in total. The first-order valence-electron chi connectivity index (χ1n) is 10.1. The maximum Gasteiger partial charge on any atom is 0.262 e. The zero-order valence-electron chi connectivity index (χ0n) is 16.2. The number of imidazole rings is 1. The van der Waals surface area contributed by atoms with E-state index in [1.165, 1.54) is 0 Å². The van der Waals surface area contributed by atoms with Gasteiger partial charge in [-0.3, -0.25) is 9.59 Å². The Labute approximate surface area is 178 Å². The molecule has 1 aromatic heterocycles. The van der Waals surface area contributed by atoms with Gasteiger partial charge in [-0.1, -0.05) is 18.0 Å². The van der Waals surface area contributed by atoms with E-state index >= 15 is 0 Å². The highest BCUT2D eigenvalue weighted by atomic mass is 35.5. The van der Waals surface area contributed by atoms with Crippen LogP contribution in [0.2, 0.25) is 5.02 Å². The Morgan fingerprint density at radius 1 is 1.20 bits per heavy atom. The quantitative estimate of drug-likeness (QED) is 0.592. The number of nitrogens with zero attached hydrogens (tertiary/aromatic N) is 1. The summed E-state index contributed by atoms with van der Waals surface area (Å²) in [7, 11) is 0. The number of rotatable bonds is 3. The molecule has 0 saturated heterocycles. The maximum absolute atomic E-state index is 12.8. The van der Waals surface area contributed by atoms with Gasteiger partial charge in [-0.25, -0.2) is 4.98 Å². The highest BCUT2D eigenvalue weighted by Gasteiger charge is 2.27. The van der Waals surface area contributed by atoms with E-state index in [1.807, 2.05) is 18.2 Å². The van der Waals surface area contributed by atoms with Crippen molar-refractivity contribution in [3.8, 4) is 5.75 Å². The average molecular weight is 425 g/mol. The van der Waals surface area contributed by atoms with E-state index in [0.717, 1.165) is 42.5 Å². The molecule has 0 spiro atoms. The van der Waals surface area contributed by atoms with Crippen molar-refractivity contribution in [2.45, 2.75) is 37.6 Å². The van der Waals surface area contributed by atoms with E-state index in [2.05, 4.69) is 15.6 Å². The zero-order chi connectivity index (χ0) is 20.7. The number of fused-ring (bicyclic) bond motifs is 2. The first-order valence-corrected chi connectivity index (χ1v) is 10.5. The number of amides is 2. The third-order valence-corrected chi connectivity index (χ3v) is 5.97. The Balaban J connectivity index is 1.28. The van der Waals surface area contributed by atoms with Crippen LogP contribution in [0.25, 0.3) is 11.0 Å². The molecule has 2 aromatic carbocycles. The van der Waals surface area contributed by atoms with Gasteiger partial charge in [-0.05, 0) is 55.7 Å². The fourth-order valence-corrected chi connectivity index (χ4v) is 4.42. The van der Waals surface area contributed by atoms with Crippen molar-refractivity contribution in [3.05, 3.63) is 52.8 Å². The maximum atomic E-state index is 12.8. The number of aromatic nitrogens is 2. The van der Waals surface area contributed by atoms with Gasteiger partial charge in [0.15, 0.2) is 6.61 Å². The van der Waals surface area contributed by atoms with Crippen molar-refractivity contribution in [3.63, 3.8) is 0 Å². The van der Waals surface area contributed by atoms with Crippen LogP contribution in [-0.4, -0.2) is 34.4 Å². The minimum atomic E-state index is -0.220. The molecule has 2 heterocycles. The van der Waals surface area contributed by atoms with Gasteiger partial charge in [0.05, 0.1) is 16.7 Å². The summed E-state index contributed by atoms with van der Waals surface area (Å²) in [6, 6.07) is 10.8. The lowest BCUT2D eigenvalue weighted by Gasteiger charge is -2.29. The number of benzene rings is 2. The highest BCUT2D eigenvalue weighted by molar-refractivity contribution is 6.31. The van der Waals surface area contributed by atoms with Crippen molar-refractivity contribution in [1.82, 2.24) is 15.3 Å². The van der Waals surface area contributed by atoms with Gasteiger partial charge in [0.1, 0.15) is 11.6 Å². The number of hydrogen-bond donors (Lipinski definition) is 3. The molecule has 1 fully saturated rings. The summed E-state index contributed by atoms with van der Waals surface area (Å²) in [4.78, 5) is 32.4. The molecule has 2 atom stereocenters. The molecule has 2 amide bonds. The van der Waals surface area contributed by atoms with Crippen LogP contribution in [0.1, 0.15) is 47.8 Å². The van der Waals surface area contributed by atoms with Crippen LogP contribution in [0.15, 0.2) is 36.4 Å². The average Bonchev–Trinajstić information content (AvgIpc) is 3.16. The molecule has 7 nitrogen and oxygen atoms in total. The Kier molecular flexibility index (Phi) is 4.83. The number of ether oxygens (including phenoxy) is 1. The largest absolute Gasteiger partial charge is 0.482 e. The van der Waals surface area contributed by atoms with Crippen LogP contribution < -0.4 is 15.4 Å². The number of aromatic amines is 1. The molecule has 1 aliphatic heterocycles. The van der Waals surface area contributed by atoms with E-state index in [9.17, 15) is 9.59 Å². The first kappa shape index (κ1) is 18.9. The van der Waals surface area contributed by atoms with Gasteiger partial charge in [-0.2, -0.15) is 0 Å². The van der Waals surface area contributed by atoms with Gasteiger partial charge in [0, 0.05) is 22.5 Å². The van der Waals surface area contributed by atoms with E-state index in [0.29, 0.717) is 22.0 Å².